The van der Waals surface area contributed by atoms with Crippen LogP contribution in [0.3, 0.4) is 0 Å². The number of carbonyl (C=O) groups is 3. The Morgan fingerprint density at radius 3 is 0.778 bits per heavy atom. The summed E-state index contributed by atoms with van der Waals surface area (Å²) in [6.07, 6.45) is 55.3. The standard InChI is InChI=1S/C57H110O6/c1-5-7-9-11-13-15-16-17-18-19-20-23-26-29-33-37-41-45-49-56(59)62-52-54(51-61-55(58)48-44-40-36-31-14-12-10-8-6-2)63-57(60)50-46-42-38-34-30-27-24-21-22-25-28-32-35-39-43-47-53(3)4/h53-54H,5-52H2,1-4H3/t54-/m1/s1. The molecule has 0 aliphatic carbocycles. The van der Waals surface area contributed by atoms with E-state index >= 15 is 0 Å². The van der Waals surface area contributed by atoms with Gasteiger partial charge < -0.3 is 14.2 Å². The minimum absolute atomic E-state index is 0.0621. The first-order chi connectivity index (χ1) is 30.9. The largest absolute Gasteiger partial charge is 0.462 e. The molecule has 6 heteroatoms. The van der Waals surface area contributed by atoms with Gasteiger partial charge in [-0.15, -0.1) is 0 Å². The van der Waals surface area contributed by atoms with Crippen molar-refractivity contribution in [2.75, 3.05) is 13.2 Å². The van der Waals surface area contributed by atoms with Crippen LogP contribution in [0.25, 0.3) is 0 Å². The quantitative estimate of drug-likeness (QED) is 0.0344. The first-order valence-electron chi connectivity index (χ1n) is 28.4. The predicted octanol–water partition coefficient (Wildman–Crippen LogP) is 18.6. The number of carbonyl (C=O) groups excluding carboxylic acids is 3. The van der Waals surface area contributed by atoms with Crippen LogP contribution < -0.4 is 0 Å². The highest BCUT2D eigenvalue weighted by molar-refractivity contribution is 5.71. The Morgan fingerprint density at radius 1 is 0.302 bits per heavy atom. The van der Waals surface area contributed by atoms with E-state index < -0.39 is 6.10 Å². The second-order valence-corrected chi connectivity index (χ2v) is 20.1. The topological polar surface area (TPSA) is 78.9 Å². The lowest BCUT2D eigenvalue weighted by Crippen LogP contribution is -2.30. The van der Waals surface area contributed by atoms with Gasteiger partial charge in [-0.25, -0.2) is 0 Å². The van der Waals surface area contributed by atoms with E-state index in [0.29, 0.717) is 19.3 Å². The van der Waals surface area contributed by atoms with Gasteiger partial charge in [0.2, 0.25) is 0 Å². The van der Waals surface area contributed by atoms with Gasteiger partial charge in [-0.05, 0) is 25.2 Å². The third-order valence-electron chi connectivity index (χ3n) is 13.0. The highest BCUT2D eigenvalue weighted by Crippen LogP contribution is 2.18. The molecule has 63 heavy (non-hydrogen) atoms. The molecule has 0 aromatic rings. The van der Waals surface area contributed by atoms with Crippen LogP contribution in [-0.2, 0) is 28.6 Å². The van der Waals surface area contributed by atoms with Crippen molar-refractivity contribution in [2.45, 2.75) is 329 Å². The van der Waals surface area contributed by atoms with E-state index in [0.717, 1.165) is 63.7 Å². The van der Waals surface area contributed by atoms with Gasteiger partial charge in [0, 0.05) is 19.3 Å². The molecule has 374 valence electrons. The summed E-state index contributed by atoms with van der Waals surface area (Å²) in [5.41, 5.74) is 0. The zero-order chi connectivity index (χ0) is 45.9. The molecule has 0 aromatic carbocycles. The Balaban J connectivity index is 4.21. The molecule has 0 saturated carbocycles. The number of hydrogen-bond acceptors (Lipinski definition) is 6. The minimum Gasteiger partial charge on any atom is -0.462 e. The van der Waals surface area contributed by atoms with E-state index in [9.17, 15) is 14.4 Å². The lowest BCUT2D eigenvalue weighted by molar-refractivity contribution is -0.167. The molecule has 0 aromatic heterocycles. The van der Waals surface area contributed by atoms with Crippen LogP contribution in [0.2, 0.25) is 0 Å². The monoisotopic (exact) mass is 891 g/mol. The van der Waals surface area contributed by atoms with Crippen molar-refractivity contribution >= 4 is 17.9 Å². The van der Waals surface area contributed by atoms with Crippen LogP contribution in [0.5, 0.6) is 0 Å². The molecule has 0 rings (SSSR count). The summed E-state index contributed by atoms with van der Waals surface area (Å²) < 4.78 is 16.8. The molecule has 0 bridgehead atoms. The first-order valence-corrected chi connectivity index (χ1v) is 28.4. The van der Waals surface area contributed by atoms with Crippen LogP contribution in [-0.4, -0.2) is 37.2 Å². The zero-order valence-electron chi connectivity index (χ0n) is 43.0. The first kappa shape index (κ1) is 61.4. The zero-order valence-corrected chi connectivity index (χ0v) is 43.0. The summed E-state index contributed by atoms with van der Waals surface area (Å²) in [5, 5.41) is 0. The van der Waals surface area contributed by atoms with E-state index in [1.54, 1.807) is 0 Å². The van der Waals surface area contributed by atoms with Crippen molar-refractivity contribution in [3.05, 3.63) is 0 Å². The van der Waals surface area contributed by atoms with Gasteiger partial charge in [0.05, 0.1) is 0 Å². The third kappa shape index (κ3) is 51.3. The lowest BCUT2D eigenvalue weighted by Gasteiger charge is -2.18. The van der Waals surface area contributed by atoms with Crippen LogP contribution in [0.4, 0.5) is 0 Å². The lowest BCUT2D eigenvalue weighted by atomic mass is 10.0. The molecule has 0 saturated heterocycles. The summed E-state index contributed by atoms with van der Waals surface area (Å²) in [6, 6.07) is 0. The van der Waals surface area contributed by atoms with Gasteiger partial charge in [0.15, 0.2) is 6.10 Å². The Hall–Kier alpha value is -1.59. The fraction of sp³-hybridized carbons (Fsp3) is 0.947. The number of ether oxygens (including phenoxy) is 3. The number of esters is 3. The van der Waals surface area contributed by atoms with Crippen LogP contribution in [0, 0.1) is 5.92 Å². The maximum Gasteiger partial charge on any atom is 0.306 e. The Kier molecular flexibility index (Phi) is 50.1. The minimum atomic E-state index is -0.761. The summed E-state index contributed by atoms with van der Waals surface area (Å²) >= 11 is 0. The summed E-state index contributed by atoms with van der Waals surface area (Å²) in [6.45, 7) is 9.05. The fourth-order valence-electron chi connectivity index (χ4n) is 8.75. The molecular weight excluding hydrogens is 781 g/mol. The van der Waals surface area contributed by atoms with Gasteiger partial charge in [-0.2, -0.15) is 0 Å². The normalized spacial score (nSPS) is 12.0. The Morgan fingerprint density at radius 2 is 0.524 bits per heavy atom. The van der Waals surface area contributed by atoms with E-state index in [2.05, 4.69) is 27.7 Å². The average Bonchev–Trinajstić information content (AvgIpc) is 3.27. The molecule has 0 radical (unpaired) electrons. The smallest absolute Gasteiger partial charge is 0.306 e. The second kappa shape index (κ2) is 51.4. The molecule has 0 fully saturated rings. The molecule has 0 aliphatic rings. The van der Waals surface area contributed by atoms with Gasteiger partial charge in [0.1, 0.15) is 13.2 Å². The van der Waals surface area contributed by atoms with E-state index in [1.165, 1.54) is 218 Å². The van der Waals surface area contributed by atoms with Crippen molar-refractivity contribution < 1.29 is 28.6 Å². The van der Waals surface area contributed by atoms with Crippen LogP contribution in [0.15, 0.2) is 0 Å². The van der Waals surface area contributed by atoms with Gasteiger partial charge in [-0.3, -0.25) is 14.4 Å². The highest BCUT2D eigenvalue weighted by Gasteiger charge is 2.19. The second-order valence-electron chi connectivity index (χ2n) is 20.1. The number of unbranched alkanes of at least 4 members (excludes halogenated alkanes) is 39. The Labute approximate surface area is 393 Å². The van der Waals surface area contributed by atoms with E-state index in [-0.39, 0.29) is 31.1 Å². The van der Waals surface area contributed by atoms with Crippen molar-refractivity contribution in [2.24, 2.45) is 5.92 Å². The molecule has 6 nitrogen and oxygen atoms in total. The SMILES string of the molecule is CCCCCCCCCCCCCCCCCCCCC(=O)OC[C@@H](COC(=O)CCCCCCCCCCC)OC(=O)CCCCCCCCCCCCCCCCCC(C)C. The van der Waals surface area contributed by atoms with Gasteiger partial charge in [0.25, 0.3) is 0 Å². The van der Waals surface area contributed by atoms with Crippen molar-refractivity contribution in [3.63, 3.8) is 0 Å². The predicted molar refractivity (Wildman–Crippen MR) is 270 cm³/mol. The molecular formula is C57H110O6. The maximum atomic E-state index is 12.8. The molecule has 0 heterocycles. The number of rotatable bonds is 52. The van der Waals surface area contributed by atoms with E-state index in [1.807, 2.05) is 0 Å². The average molecular weight is 892 g/mol. The van der Waals surface area contributed by atoms with Crippen LogP contribution in [0.1, 0.15) is 323 Å². The molecule has 1 atom stereocenters. The Bertz CT molecular complexity index is 949. The summed E-state index contributed by atoms with van der Waals surface area (Å²) in [5.74, 6) is 0.00773. The number of hydrogen-bond donors (Lipinski definition) is 0. The summed E-state index contributed by atoms with van der Waals surface area (Å²) in [7, 11) is 0. The van der Waals surface area contributed by atoms with E-state index in [4.69, 9.17) is 14.2 Å². The van der Waals surface area contributed by atoms with Crippen molar-refractivity contribution in [3.8, 4) is 0 Å². The maximum absolute atomic E-state index is 12.8. The molecule has 0 unspecified atom stereocenters. The van der Waals surface area contributed by atoms with Crippen LogP contribution >= 0.6 is 0 Å². The fourth-order valence-corrected chi connectivity index (χ4v) is 8.75. The molecule has 0 amide bonds. The van der Waals surface area contributed by atoms with Crippen molar-refractivity contribution in [1.29, 1.82) is 0 Å². The van der Waals surface area contributed by atoms with Gasteiger partial charge in [-0.1, -0.05) is 285 Å². The van der Waals surface area contributed by atoms with Crippen molar-refractivity contribution in [1.82, 2.24) is 0 Å². The highest BCUT2D eigenvalue weighted by atomic mass is 16.6. The molecule has 0 N–H and O–H groups in total. The summed E-state index contributed by atoms with van der Waals surface area (Å²) in [4.78, 5) is 38.0. The molecule has 0 aliphatic heterocycles. The molecule has 0 spiro atoms. The van der Waals surface area contributed by atoms with Gasteiger partial charge >= 0.3 is 17.9 Å². The third-order valence-corrected chi connectivity index (χ3v) is 13.0.